The van der Waals surface area contributed by atoms with E-state index in [2.05, 4.69) is 4.74 Å². The number of halogens is 2. The number of alkyl halides is 2. The number of benzene rings is 1. The minimum Gasteiger partial charge on any atom is -0.434 e. The summed E-state index contributed by atoms with van der Waals surface area (Å²) in [5, 5.41) is 0. The fourth-order valence-corrected chi connectivity index (χ4v) is 2.11. The molecule has 1 aliphatic carbocycles. The van der Waals surface area contributed by atoms with Crippen molar-refractivity contribution < 1.29 is 13.5 Å². The lowest BCUT2D eigenvalue weighted by Crippen LogP contribution is -2.07. The highest BCUT2D eigenvalue weighted by Crippen LogP contribution is 2.50. The van der Waals surface area contributed by atoms with E-state index in [0.717, 1.165) is 17.5 Å². The van der Waals surface area contributed by atoms with Crippen LogP contribution in [0.3, 0.4) is 0 Å². The van der Waals surface area contributed by atoms with Crippen LogP contribution in [0.2, 0.25) is 0 Å². The molecule has 2 N–H and O–H groups in total. The Morgan fingerprint density at radius 1 is 1.50 bits per heavy atom. The van der Waals surface area contributed by atoms with Gasteiger partial charge >= 0.3 is 6.61 Å². The van der Waals surface area contributed by atoms with Crippen molar-refractivity contribution >= 4 is 0 Å². The van der Waals surface area contributed by atoms with Gasteiger partial charge in [0.05, 0.1) is 0 Å². The molecule has 0 amide bonds. The predicted octanol–water partition coefficient (Wildman–Crippen LogP) is 2.66. The molecule has 2 atom stereocenters. The SMILES string of the molecule is Cc1cccc([C@@H]2C[C@H]2CN)c1OC(F)F. The Labute approximate surface area is 93.4 Å². The molecule has 2 nitrogen and oxygen atoms in total. The average Bonchev–Trinajstić information content (AvgIpc) is 2.99. The largest absolute Gasteiger partial charge is 0.434 e. The van der Waals surface area contributed by atoms with Crippen LogP contribution in [0.25, 0.3) is 0 Å². The van der Waals surface area contributed by atoms with Gasteiger partial charge in [-0.15, -0.1) is 0 Å². The number of rotatable bonds is 4. The number of para-hydroxylation sites is 1. The molecule has 16 heavy (non-hydrogen) atoms. The van der Waals surface area contributed by atoms with Gasteiger partial charge in [0.1, 0.15) is 5.75 Å². The van der Waals surface area contributed by atoms with E-state index in [9.17, 15) is 8.78 Å². The van der Waals surface area contributed by atoms with E-state index in [-0.39, 0.29) is 0 Å². The van der Waals surface area contributed by atoms with Crippen molar-refractivity contribution in [3.05, 3.63) is 29.3 Å². The van der Waals surface area contributed by atoms with Crippen LogP contribution in [-0.4, -0.2) is 13.2 Å². The monoisotopic (exact) mass is 227 g/mol. The summed E-state index contributed by atoms with van der Waals surface area (Å²) < 4.78 is 29.2. The summed E-state index contributed by atoms with van der Waals surface area (Å²) in [5.41, 5.74) is 7.18. The number of hydrogen-bond acceptors (Lipinski definition) is 2. The van der Waals surface area contributed by atoms with E-state index in [1.54, 1.807) is 13.0 Å². The van der Waals surface area contributed by atoms with Crippen molar-refractivity contribution in [2.75, 3.05) is 6.54 Å². The van der Waals surface area contributed by atoms with Gasteiger partial charge in [-0.1, -0.05) is 18.2 Å². The molecule has 0 aromatic heterocycles. The molecule has 0 radical (unpaired) electrons. The number of ether oxygens (including phenoxy) is 1. The van der Waals surface area contributed by atoms with E-state index in [4.69, 9.17) is 5.73 Å². The summed E-state index contributed by atoms with van der Waals surface area (Å²) in [5.74, 6) is 1.04. The number of nitrogens with two attached hydrogens (primary N) is 1. The molecule has 0 bridgehead atoms. The highest BCUT2D eigenvalue weighted by Gasteiger charge is 2.39. The van der Waals surface area contributed by atoms with Crippen LogP contribution in [0, 0.1) is 12.8 Å². The molecule has 0 unspecified atom stereocenters. The Morgan fingerprint density at radius 3 is 2.81 bits per heavy atom. The van der Waals surface area contributed by atoms with Crippen LogP contribution in [-0.2, 0) is 0 Å². The normalized spacial score (nSPS) is 23.6. The second kappa shape index (κ2) is 4.37. The molecule has 1 fully saturated rings. The zero-order chi connectivity index (χ0) is 11.7. The van der Waals surface area contributed by atoms with Gasteiger partial charge in [-0.25, -0.2) is 0 Å². The number of aryl methyl sites for hydroxylation is 1. The Kier molecular flexibility index (Phi) is 3.10. The van der Waals surface area contributed by atoms with Crippen LogP contribution in [0.4, 0.5) is 8.78 Å². The van der Waals surface area contributed by atoms with Gasteiger partial charge in [-0.2, -0.15) is 8.78 Å². The van der Waals surface area contributed by atoms with E-state index in [1.165, 1.54) is 0 Å². The second-order valence-electron chi connectivity index (χ2n) is 4.21. The summed E-state index contributed by atoms with van der Waals surface area (Å²) in [6.07, 6.45) is 0.972. The van der Waals surface area contributed by atoms with E-state index in [0.29, 0.717) is 24.1 Å². The first kappa shape index (κ1) is 11.3. The first-order valence-electron chi connectivity index (χ1n) is 5.38. The Hall–Kier alpha value is -1.16. The maximum atomic E-state index is 12.3. The lowest BCUT2D eigenvalue weighted by atomic mass is 10.0. The van der Waals surface area contributed by atoms with Gasteiger partial charge in [0.25, 0.3) is 0 Å². The van der Waals surface area contributed by atoms with Crippen molar-refractivity contribution in [3.8, 4) is 5.75 Å². The van der Waals surface area contributed by atoms with Gasteiger partial charge in [0.2, 0.25) is 0 Å². The lowest BCUT2D eigenvalue weighted by molar-refractivity contribution is -0.0509. The fourth-order valence-electron chi connectivity index (χ4n) is 2.11. The second-order valence-corrected chi connectivity index (χ2v) is 4.21. The van der Waals surface area contributed by atoms with Gasteiger partial charge < -0.3 is 10.5 Å². The minimum atomic E-state index is -2.77. The molecule has 0 aliphatic heterocycles. The van der Waals surface area contributed by atoms with E-state index >= 15 is 0 Å². The van der Waals surface area contributed by atoms with Gasteiger partial charge in [-0.05, 0) is 42.9 Å². The van der Waals surface area contributed by atoms with Crippen LogP contribution < -0.4 is 10.5 Å². The van der Waals surface area contributed by atoms with Crippen LogP contribution in [0.1, 0.15) is 23.5 Å². The van der Waals surface area contributed by atoms with Crippen LogP contribution in [0.5, 0.6) is 5.75 Å². The van der Waals surface area contributed by atoms with Crippen LogP contribution in [0.15, 0.2) is 18.2 Å². The topological polar surface area (TPSA) is 35.2 Å². The number of hydrogen-bond donors (Lipinski definition) is 1. The molecular weight excluding hydrogens is 212 g/mol. The molecule has 4 heteroatoms. The molecule has 1 aromatic rings. The molecular formula is C12H15F2NO. The van der Waals surface area contributed by atoms with Crippen molar-refractivity contribution in [2.45, 2.75) is 25.9 Å². The molecule has 1 saturated carbocycles. The summed E-state index contributed by atoms with van der Waals surface area (Å²) in [6.45, 7) is -0.386. The maximum absolute atomic E-state index is 12.3. The minimum absolute atomic E-state index is 0.290. The molecule has 1 aliphatic rings. The molecule has 0 saturated heterocycles. The molecule has 88 valence electrons. The third-order valence-corrected chi connectivity index (χ3v) is 3.07. The molecule has 0 spiro atoms. The summed E-state index contributed by atoms with van der Waals surface area (Å²) in [6, 6.07) is 5.50. The fraction of sp³-hybridized carbons (Fsp3) is 0.500. The van der Waals surface area contributed by atoms with Crippen molar-refractivity contribution in [3.63, 3.8) is 0 Å². The van der Waals surface area contributed by atoms with Crippen molar-refractivity contribution in [1.82, 2.24) is 0 Å². The molecule has 1 aromatic carbocycles. The van der Waals surface area contributed by atoms with Crippen molar-refractivity contribution in [2.24, 2.45) is 11.7 Å². The predicted molar refractivity (Wildman–Crippen MR) is 57.7 cm³/mol. The van der Waals surface area contributed by atoms with Gasteiger partial charge in [0.15, 0.2) is 0 Å². The third-order valence-electron chi connectivity index (χ3n) is 3.07. The Bertz CT molecular complexity index is 381. The van der Waals surface area contributed by atoms with E-state index in [1.807, 2.05) is 12.1 Å². The zero-order valence-corrected chi connectivity index (χ0v) is 9.12. The maximum Gasteiger partial charge on any atom is 0.387 e. The Morgan fingerprint density at radius 2 is 2.25 bits per heavy atom. The van der Waals surface area contributed by atoms with Gasteiger partial charge in [-0.3, -0.25) is 0 Å². The highest BCUT2D eigenvalue weighted by molar-refractivity contribution is 5.45. The molecule has 0 heterocycles. The zero-order valence-electron chi connectivity index (χ0n) is 9.12. The lowest BCUT2D eigenvalue weighted by Gasteiger charge is -2.13. The standard InChI is InChI=1S/C12H15F2NO/c1-7-3-2-4-9(10-5-8(10)6-15)11(7)16-12(13)14/h2-4,8,10,12H,5-6,15H2,1H3/t8-,10+/m0/s1. The quantitative estimate of drug-likeness (QED) is 0.858. The van der Waals surface area contributed by atoms with E-state index < -0.39 is 6.61 Å². The average molecular weight is 227 g/mol. The first-order valence-corrected chi connectivity index (χ1v) is 5.38. The Balaban J connectivity index is 2.26. The van der Waals surface area contributed by atoms with Crippen molar-refractivity contribution in [1.29, 1.82) is 0 Å². The first-order chi connectivity index (χ1) is 7.63. The summed E-state index contributed by atoms with van der Waals surface area (Å²) in [7, 11) is 0. The smallest absolute Gasteiger partial charge is 0.387 e. The highest BCUT2D eigenvalue weighted by atomic mass is 19.3. The van der Waals surface area contributed by atoms with Gasteiger partial charge in [0, 0.05) is 0 Å². The third kappa shape index (κ3) is 2.16. The summed E-state index contributed by atoms with van der Waals surface area (Å²) in [4.78, 5) is 0. The summed E-state index contributed by atoms with van der Waals surface area (Å²) >= 11 is 0. The molecule has 2 rings (SSSR count). The van der Waals surface area contributed by atoms with Crippen LogP contribution >= 0.6 is 0 Å².